The number of ether oxygens (including phenoxy) is 1. The third-order valence-electron chi connectivity index (χ3n) is 12.0. The van der Waals surface area contributed by atoms with Crippen molar-refractivity contribution in [3.05, 3.63) is 88.6 Å². The van der Waals surface area contributed by atoms with Crippen LogP contribution < -0.4 is 8.92 Å². The zero-order chi connectivity index (χ0) is 32.8. The van der Waals surface area contributed by atoms with Crippen LogP contribution in [0.15, 0.2) is 65.6 Å². The van der Waals surface area contributed by atoms with Crippen LogP contribution in [0, 0.1) is 12.8 Å². The summed E-state index contributed by atoms with van der Waals surface area (Å²) in [7, 11) is -4.14. The highest BCUT2D eigenvalue weighted by Crippen LogP contribution is 2.69. The summed E-state index contributed by atoms with van der Waals surface area (Å²) in [4.78, 5) is 13.6. The minimum Gasteiger partial charge on any atom is -0.479 e. The van der Waals surface area contributed by atoms with Gasteiger partial charge in [0.15, 0.2) is 17.6 Å². The van der Waals surface area contributed by atoms with Crippen LogP contribution in [0.5, 0.6) is 11.5 Å². The van der Waals surface area contributed by atoms with Gasteiger partial charge in [0.2, 0.25) is 0 Å². The number of aliphatic hydroxyl groups is 1. The Labute approximate surface area is 281 Å². The lowest BCUT2D eigenvalue weighted by Gasteiger charge is -2.63. The van der Waals surface area contributed by atoms with Crippen LogP contribution in [0.4, 0.5) is 0 Å². The highest BCUT2D eigenvalue weighted by Gasteiger charge is 2.73. The van der Waals surface area contributed by atoms with Crippen molar-refractivity contribution in [1.29, 1.82) is 0 Å². The van der Waals surface area contributed by atoms with E-state index in [1.54, 1.807) is 30.3 Å². The SMILES string of the molecule is Cc1ccc(S(=O)(=O)Oc2ccc3c4c2O[C@H]2c5c(c6ccccc6n5CCCCCC=O)C[C@@]5(O)[C@H](C3)N(CC3CC3)CC[C@]425)cc1. The molecule has 1 spiro atoms. The second-order valence-electron chi connectivity index (χ2n) is 14.8. The van der Waals surface area contributed by atoms with Gasteiger partial charge in [0.05, 0.1) is 16.7 Å². The maximum absolute atomic E-state index is 13.6. The van der Waals surface area contributed by atoms with E-state index < -0.39 is 27.2 Å². The van der Waals surface area contributed by atoms with Crippen molar-refractivity contribution in [3.8, 4) is 11.5 Å². The topological polar surface area (TPSA) is 98.1 Å². The molecule has 250 valence electrons. The summed E-state index contributed by atoms with van der Waals surface area (Å²) in [6, 6.07) is 18.8. The number of rotatable bonds is 11. The monoisotopic (exact) mass is 666 g/mol. The standard InChI is InChI=1S/C39H42N2O6S/c1-25-10-15-28(16-11-25)48(44,45)47-32-17-14-27-22-33-39(43)23-30-29-8-4-5-9-31(29)41(19-6-2-3-7-21-42)35(30)37-38(39,34(27)36(32)46-37)18-20-40(33)24-26-12-13-26/h4-5,8-11,14-17,21,26,33,37,43H,2-3,6-7,12-13,18-20,22-24H2,1H3/t33-,37-,38-,39+/m0/s1. The number of aromatic nitrogens is 1. The summed E-state index contributed by atoms with van der Waals surface area (Å²) < 4.78 is 42.7. The van der Waals surface area contributed by atoms with Crippen molar-refractivity contribution < 1.29 is 27.2 Å². The van der Waals surface area contributed by atoms with E-state index >= 15 is 0 Å². The number of carbonyl (C=O) groups excluding carboxylic acids is 1. The van der Waals surface area contributed by atoms with Crippen molar-refractivity contribution in [2.45, 2.75) is 99.3 Å². The first kappa shape index (κ1) is 30.4. The molecule has 0 radical (unpaired) electrons. The quantitative estimate of drug-likeness (QED) is 0.116. The Morgan fingerprint density at radius 2 is 1.85 bits per heavy atom. The number of aryl methyl sites for hydroxylation is 2. The van der Waals surface area contributed by atoms with Crippen molar-refractivity contribution >= 4 is 27.3 Å². The van der Waals surface area contributed by atoms with Gasteiger partial charge in [0.25, 0.3) is 0 Å². The van der Waals surface area contributed by atoms with Crippen LogP contribution in [0.25, 0.3) is 10.9 Å². The zero-order valence-corrected chi connectivity index (χ0v) is 28.2. The molecule has 0 amide bonds. The minimum absolute atomic E-state index is 0.0712. The van der Waals surface area contributed by atoms with Gasteiger partial charge in [0.1, 0.15) is 11.2 Å². The summed E-state index contributed by atoms with van der Waals surface area (Å²) in [5.41, 5.74) is 4.50. The molecule has 9 heteroatoms. The molecule has 4 atom stereocenters. The largest absolute Gasteiger partial charge is 0.479 e. The maximum atomic E-state index is 13.6. The fraction of sp³-hybridized carbons (Fsp3) is 0.462. The van der Waals surface area contributed by atoms with Crippen LogP contribution in [-0.4, -0.2) is 54.0 Å². The lowest BCUT2D eigenvalue weighted by molar-refractivity contribution is -0.173. The van der Waals surface area contributed by atoms with Crippen molar-refractivity contribution in [1.82, 2.24) is 9.47 Å². The summed E-state index contributed by atoms with van der Waals surface area (Å²) in [6.07, 6.45) is 8.18. The van der Waals surface area contributed by atoms with Crippen molar-refractivity contribution in [2.24, 2.45) is 5.92 Å². The van der Waals surface area contributed by atoms with Gasteiger partial charge in [0, 0.05) is 48.4 Å². The van der Waals surface area contributed by atoms with Gasteiger partial charge in [-0.1, -0.05) is 48.4 Å². The number of likely N-dealkylation sites (tertiary alicyclic amines) is 1. The van der Waals surface area contributed by atoms with Crippen LogP contribution in [-0.2, 0) is 39.7 Å². The second-order valence-corrected chi connectivity index (χ2v) is 16.4. The molecule has 8 nitrogen and oxygen atoms in total. The number of carbonyl (C=O) groups is 1. The molecular weight excluding hydrogens is 625 g/mol. The van der Waals surface area contributed by atoms with E-state index in [1.807, 2.05) is 13.0 Å². The fourth-order valence-electron chi connectivity index (χ4n) is 9.64. The molecule has 0 unspecified atom stereocenters. The van der Waals surface area contributed by atoms with Gasteiger partial charge in [-0.15, -0.1) is 0 Å². The molecule has 1 aromatic heterocycles. The van der Waals surface area contributed by atoms with Gasteiger partial charge < -0.3 is 23.4 Å². The number of hydrogen-bond donors (Lipinski definition) is 1. The highest BCUT2D eigenvalue weighted by atomic mass is 32.2. The van der Waals surface area contributed by atoms with Gasteiger partial charge in [-0.05, 0) is 93.3 Å². The third-order valence-corrected chi connectivity index (χ3v) is 13.3. The zero-order valence-electron chi connectivity index (χ0n) is 27.4. The van der Waals surface area contributed by atoms with Gasteiger partial charge in [-0.25, -0.2) is 0 Å². The Balaban J connectivity index is 1.21. The number of piperidine rings is 1. The first-order valence-corrected chi connectivity index (χ1v) is 19.0. The van der Waals surface area contributed by atoms with E-state index in [4.69, 9.17) is 8.92 Å². The molecule has 9 rings (SSSR count). The molecule has 2 fully saturated rings. The van der Waals surface area contributed by atoms with Crippen molar-refractivity contribution in [2.75, 3.05) is 13.1 Å². The van der Waals surface area contributed by atoms with Crippen molar-refractivity contribution in [3.63, 3.8) is 0 Å². The number of nitrogens with zero attached hydrogens (tertiary/aromatic N) is 2. The number of aldehydes is 1. The Hall–Kier alpha value is -3.66. The van der Waals surface area contributed by atoms with Gasteiger partial charge in [-0.2, -0.15) is 8.42 Å². The molecule has 5 aliphatic rings. The lowest BCUT2D eigenvalue weighted by Crippen LogP contribution is -2.74. The predicted molar refractivity (Wildman–Crippen MR) is 182 cm³/mol. The highest BCUT2D eigenvalue weighted by molar-refractivity contribution is 7.87. The Morgan fingerprint density at radius 1 is 1.04 bits per heavy atom. The molecule has 4 aromatic rings. The van der Waals surface area contributed by atoms with E-state index in [-0.39, 0.29) is 16.7 Å². The van der Waals surface area contributed by atoms with E-state index in [2.05, 4.69) is 33.7 Å². The number of hydrogen-bond acceptors (Lipinski definition) is 7. The number of unbranched alkanes of at least 4 members (excludes halogenated alkanes) is 3. The average molecular weight is 667 g/mol. The summed E-state index contributed by atoms with van der Waals surface area (Å²) >= 11 is 0. The molecule has 48 heavy (non-hydrogen) atoms. The molecule has 1 saturated heterocycles. The van der Waals surface area contributed by atoms with E-state index in [0.29, 0.717) is 37.4 Å². The fourth-order valence-corrected chi connectivity index (χ4v) is 10.6. The summed E-state index contributed by atoms with van der Waals surface area (Å²) in [5, 5.41) is 14.5. The van der Waals surface area contributed by atoms with Crippen LogP contribution in [0.2, 0.25) is 0 Å². The van der Waals surface area contributed by atoms with E-state index in [1.165, 1.54) is 12.8 Å². The minimum atomic E-state index is -4.14. The number of fused-ring (bicyclic) bond motifs is 4. The van der Waals surface area contributed by atoms with Gasteiger partial charge >= 0.3 is 10.1 Å². The van der Waals surface area contributed by atoms with Gasteiger partial charge in [-0.3, -0.25) is 4.90 Å². The van der Waals surface area contributed by atoms with E-state index in [9.17, 15) is 18.3 Å². The molecule has 2 aliphatic heterocycles. The summed E-state index contributed by atoms with van der Waals surface area (Å²) in [5.74, 6) is 1.33. The third kappa shape index (κ3) is 4.33. The Morgan fingerprint density at radius 3 is 2.65 bits per heavy atom. The molecule has 2 bridgehead atoms. The second kappa shape index (κ2) is 10.9. The predicted octanol–water partition coefficient (Wildman–Crippen LogP) is 6.18. The Kier molecular flexibility index (Phi) is 6.92. The maximum Gasteiger partial charge on any atom is 0.339 e. The normalized spacial score (nSPS) is 27.0. The number of para-hydroxylation sites is 1. The first-order valence-electron chi connectivity index (χ1n) is 17.6. The van der Waals surface area contributed by atoms with E-state index in [0.717, 1.165) is 84.0 Å². The molecule has 1 N–H and O–H groups in total. The summed E-state index contributed by atoms with van der Waals surface area (Å²) in [6.45, 7) is 4.55. The molecule has 1 saturated carbocycles. The molecule has 3 aromatic carbocycles. The first-order chi connectivity index (χ1) is 23.2. The molecule has 3 aliphatic carbocycles. The number of benzene rings is 3. The average Bonchev–Trinajstić information content (AvgIpc) is 3.75. The lowest BCUT2D eigenvalue weighted by atomic mass is 9.49. The molecular formula is C39H42N2O6S. The van der Waals surface area contributed by atoms with Crippen LogP contribution >= 0.6 is 0 Å². The molecule has 3 heterocycles. The van der Waals surface area contributed by atoms with Crippen LogP contribution in [0.1, 0.15) is 79.0 Å². The smallest absolute Gasteiger partial charge is 0.339 e. The Bertz CT molecular complexity index is 2050. The van der Waals surface area contributed by atoms with Crippen LogP contribution in [0.3, 0.4) is 0 Å².